The number of carboxylic acids is 1. The number of likely N-dealkylation sites (tertiary alicyclic amines) is 1. The molecule has 6 heteroatoms. The van der Waals surface area contributed by atoms with Gasteiger partial charge >= 0.3 is 5.97 Å². The van der Waals surface area contributed by atoms with Crippen molar-refractivity contribution in [2.24, 2.45) is 0 Å². The highest BCUT2D eigenvalue weighted by Gasteiger charge is 2.34. The smallest absolute Gasteiger partial charge is 0.303 e. The second-order valence-electron chi connectivity index (χ2n) is 5.27. The van der Waals surface area contributed by atoms with Crippen molar-refractivity contribution in [2.45, 2.75) is 44.2 Å². The molecule has 2 atom stereocenters. The molecule has 0 bridgehead atoms. The van der Waals surface area contributed by atoms with Crippen molar-refractivity contribution in [1.29, 1.82) is 0 Å². The number of nitrogens with zero attached hydrogens (tertiary/aromatic N) is 1. The predicted molar refractivity (Wildman–Crippen MR) is 68.8 cm³/mol. The van der Waals surface area contributed by atoms with Crippen molar-refractivity contribution in [1.82, 2.24) is 10.2 Å². The lowest BCUT2D eigenvalue weighted by Crippen LogP contribution is -2.52. The van der Waals surface area contributed by atoms with Crippen molar-refractivity contribution in [3.8, 4) is 0 Å². The molecule has 0 radical (unpaired) electrons. The van der Waals surface area contributed by atoms with Crippen LogP contribution < -0.4 is 5.32 Å². The van der Waals surface area contributed by atoms with E-state index >= 15 is 0 Å². The molecule has 0 saturated carbocycles. The number of hydrogen-bond donors (Lipinski definition) is 2. The molecule has 2 fully saturated rings. The molecule has 0 spiro atoms. The highest BCUT2D eigenvalue weighted by Crippen LogP contribution is 2.19. The Morgan fingerprint density at radius 1 is 1.16 bits per heavy atom. The van der Waals surface area contributed by atoms with E-state index in [9.17, 15) is 9.59 Å². The van der Waals surface area contributed by atoms with Gasteiger partial charge in [-0.15, -0.1) is 0 Å². The molecule has 2 heterocycles. The van der Waals surface area contributed by atoms with Crippen molar-refractivity contribution in [3.05, 3.63) is 0 Å². The Morgan fingerprint density at radius 2 is 1.89 bits per heavy atom. The molecule has 0 aromatic rings. The van der Waals surface area contributed by atoms with Crippen LogP contribution in [0.25, 0.3) is 0 Å². The molecule has 0 unspecified atom stereocenters. The molecule has 2 aliphatic heterocycles. The number of carbonyl (C=O) groups excluding carboxylic acids is 1. The maximum absolute atomic E-state index is 11.7. The Kier molecular flexibility index (Phi) is 5.15. The number of hydrogen-bond acceptors (Lipinski definition) is 4. The molecule has 0 aromatic heterocycles. The first kappa shape index (κ1) is 14.3. The van der Waals surface area contributed by atoms with Gasteiger partial charge in [-0.2, -0.15) is 0 Å². The second kappa shape index (κ2) is 6.86. The van der Waals surface area contributed by atoms with Crippen LogP contribution in [-0.2, 0) is 14.3 Å². The summed E-state index contributed by atoms with van der Waals surface area (Å²) in [5, 5.41) is 11.5. The number of amides is 1. The van der Waals surface area contributed by atoms with E-state index in [1.165, 1.54) is 19.3 Å². The minimum Gasteiger partial charge on any atom is -0.481 e. The van der Waals surface area contributed by atoms with Gasteiger partial charge in [0.05, 0.1) is 31.7 Å². The third-order valence-corrected chi connectivity index (χ3v) is 3.82. The largest absolute Gasteiger partial charge is 0.481 e. The topological polar surface area (TPSA) is 78.9 Å². The normalized spacial score (nSPS) is 28.2. The molecule has 6 nitrogen and oxygen atoms in total. The highest BCUT2D eigenvalue weighted by molar-refractivity contribution is 5.80. The zero-order valence-electron chi connectivity index (χ0n) is 11.1. The zero-order chi connectivity index (χ0) is 13.7. The molecular weight excluding hydrogens is 248 g/mol. The maximum atomic E-state index is 11.7. The summed E-state index contributed by atoms with van der Waals surface area (Å²) < 4.78 is 5.48. The van der Waals surface area contributed by atoms with Crippen LogP contribution in [0.15, 0.2) is 0 Å². The zero-order valence-corrected chi connectivity index (χ0v) is 11.1. The SMILES string of the molecule is O=C(O)CCC(=O)N[C@H]1COC[C@@H]1N1CCCCC1. The van der Waals surface area contributed by atoms with E-state index in [4.69, 9.17) is 9.84 Å². The van der Waals surface area contributed by atoms with Crippen LogP contribution in [0.2, 0.25) is 0 Å². The molecule has 2 N–H and O–H groups in total. The van der Waals surface area contributed by atoms with Crippen LogP contribution in [-0.4, -0.2) is 60.3 Å². The molecule has 2 rings (SSSR count). The summed E-state index contributed by atoms with van der Waals surface area (Å²) in [4.78, 5) is 24.5. The fraction of sp³-hybridized carbons (Fsp3) is 0.846. The van der Waals surface area contributed by atoms with Gasteiger partial charge < -0.3 is 15.2 Å². The lowest BCUT2D eigenvalue weighted by Gasteiger charge is -2.34. The molecule has 0 aliphatic carbocycles. The fourth-order valence-corrected chi connectivity index (χ4v) is 2.79. The number of rotatable bonds is 5. The van der Waals surface area contributed by atoms with Gasteiger partial charge in [0.25, 0.3) is 0 Å². The number of nitrogens with one attached hydrogen (secondary N) is 1. The van der Waals surface area contributed by atoms with Crippen LogP contribution >= 0.6 is 0 Å². The minimum absolute atomic E-state index is 0.000560. The van der Waals surface area contributed by atoms with Gasteiger partial charge in [0.2, 0.25) is 5.91 Å². The van der Waals surface area contributed by atoms with Crippen LogP contribution in [0.4, 0.5) is 0 Å². The molecule has 2 saturated heterocycles. The Labute approximate surface area is 113 Å². The first-order chi connectivity index (χ1) is 9.16. The van der Waals surface area contributed by atoms with Crippen LogP contribution in [0.3, 0.4) is 0 Å². The van der Waals surface area contributed by atoms with Gasteiger partial charge in [-0.3, -0.25) is 14.5 Å². The van der Waals surface area contributed by atoms with Gasteiger partial charge in [-0.25, -0.2) is 0 Å². The van der Waals surface area contributed by atoms with Gasteiger partial charge in [-0.1, -0.05) is 6.42 Å². The molecule has 108 valence electrons. The molecular formula is C13H22N2O4. The Bertz CT molecular complexity index is 329. The molecule has 1 amide bonds. The lowest BCUT2D eigenvalue weighted by atomic mass is 10.0. The fourth-order valence-electron chi connectivity index (χ4n) is 2.79. The number of carboxylic acid groups (broad SMARTS) is 1. The average molecular weight is 270 g/mol. The number of aliphatic carboxylic acids is 1. The van der Waals surface area contributed by atoms with Crippen molar-refractivity contribution < 1.29 is 19.4 Å². The van der Waals surface area contributed by atoms with E-state index < -0.39 is 5.97 Å². The van der Waals surface area contributed by atoms with E-state index in [1.54, 1.807) is 0 Å². The Morgan fingerprint density at radius 3 is 2.58 bits per heavy atom. The van der Waals surface area contributed by atoms with Crippen molar-refractivity contribution >= 4 is 11.9 Å². The van der Waals surface area contributed by atoms with Gasteiger partial charge in [0.1, 0.15) is 0 Å². The standard InChI is InChI=1S/C13H22N2O4/c16-12(4-5-13(17)18)14-10-8-19-9-11(10)15-6-2-1-3-7-15/h10-11H,1-9H2,(H,14,16)(H,17,18)/t10-,11-/m0/s1. The third-order valence-electron chi connectivity index (χ3n) is 3.82. The summed E-state index contributed by atoms with van der Waals surface area (Å²) >= 11 is 0. The van der Waals surface area contributed by atoms with Gasteiger partial charge in [0, 0.05) is 6.42 Å². The molecule has 19 heavy (non-hydrogen) atoms. The lowest BCUT2D eigenvalue weighted by molar-refractivity contribution is -0.139. The minimum atomic E-state index is -0.939. The van der Waals surface area contributed by atoms with Crippen molar-refractivity contribution in [3.63, 3.8) is 0 Å². The molecule has 0 aromatic carbocycles. The van der Waals surface area contributed by atoms with Crippen molar-refractivity contribution in [2.75, 3.05) is 26.3 Å². The number of piperidine rings is 1. The predicted octanol–water partition coefficient (Wildman–Crippen LogP) is 0.221. The number of ether oxygens (including phenoxy) is 1. The first-order valence-corrected chi connectivity index (χ1v) is 7.00. The third kappa shape index (κ3) is 4.18. The molecule has 2 aliphatic rings. The van der Waals surface area contributed by atoms with Gasteiger partial charge in [-0.05, 0) is 25.9 Å². The van der Waals surface area contributed by atoms with E-state index in [2.05, 4.69) is 10.2 Å². The van der Waals surface area contributed by atoms with E-state index in [0.717, 1.165) is 13.1 Å². The Hall–Kier alpha value is -1.14. The first-order valence-electron chi connectivity index (χ1n) is 7.00. The summed E-state index contributed by atoms with van der Waals surface area (Å²) in [6, 6.07) is 0.244. The van der Waals surface area contributed by atoms with Gasteiger partial charge in [0.15, 0.2) is 0 Å². The summed E-state index contributed by atoms with van der Waals surface area (Å²) in [6.07, 6.45) is 3.61. The number of carbonyl (C=O) groups is 2. The maximum Gasteiger partial charge on any atom is 0.303 e. The van der Waals surface area contributed by atoms with E-state index in [0.29, 0.717) is 13.2 Å². The summed E-state index contributed by atoms with van der Waals surface area (Å²) in [7, 11) is 0. The second-order valence-corrected chi connectivity index (χ2v) is 5.27. The van der Waals surface area contributed by atoms with Crippen LogP contribution in [0.1, 0.15) is 32.1 Å². The quantitative estimate of drug-likeness (QED) is 0.747. The summed E-state index contributed by atoms with van der Waals surface area (Å²) in [5.41, 5.74) is 0. The van der Waals surface area contributed by atoms with Crippen LogP contribution in [0.5, 0.6) is 0 Å². The van der Waals surface area contributed by atoms with E-state index in [-0.39, 0.29) is 30.8 Å². The monoisotopic (exact) mass is 270 g/mol. The Balaban J connectivity index is 1.81. The average Bonchev–Trinajstić information content (AvgIpc) is 2.85. The summed E-state index contributed by atoms with van der Waals surface area (Å²) in [5.74, 6) is -1.13. The van der Waals surface area contributed by atoms with E-state index in [1.807, 2.05) is 0 Å². The van der Waals surface area contributed by atoms with Crippen LogP contribution in [0, 0.1) is 0 Å². The highest BCUT2D eigenvalue weighted by atomic mass is 16.5. The summed E-state index contributed by atoms with van der Waals surface area (Å²) in [6.45, 7) is 3.31.